The van der Waals surface area contributed by atoms with Crippen molar-refractivity contribution in [2.45, 2.75) is 25.1 Å². The van der Waals surface area contributed by atoms with E-state index in [2.05, 4.69) is 15.9 Å². The molecule has 1 aromatic rings. The third-order valence-corrected chi connectivity index (χ3v) is 5.50. The largest absolute Gasteiger partial charge is 0.304 e. The molecular weight excluding hydrogens is 379 g/mol. The predicted octanol–water partition coefficient (Wildman–Crippen LogP) is 4.44. The van der Waals surface area contributed by atoms with Gasteiger partial charge >= 0.3 is 0 Å². The third kappa shape index (κ3) is 3.45. The van der Waals surface area contributed by atoms with Crippen LogP contribution in [0.2, 0.25) is 0 Å². The second kappa shape index (κ2) is 7.25. The molecule has 1 unspecified atom stereocenters. The lowest BCUT2D eigenvalue weighted by Crippen LogP contribution is -2.51. The lowest BCUT2D eigenvalue weighted by Gasteiger charge is -2.37. The molecule has 1 atom stereocenters. The first-order valence-electron chi connectivity index (χ1n) is 6.96. The van der Waals surface area contributed by atoms with Gasteiger partial charge in [0.2, 0.25) is 5.91 Å². The maximum atomic E-state index is 15.1. The number of thioether (sulfide) groups is 1. The first-order valence-corrected chi connectivity index (χ1v) is 8.90. The molecule has 2 rings (SSSR count). The van der Waals surface area contributed by atoms with E-state index in [0.29, 0.717) is 22.2 Å². The van der Waals surface area contributed by atoms with Gasteiger partial charge in [-0.05, 0) is 36.5 Å². The molecule has 0 saturated carbocycles. The summed E-state index contributed by atoms with van der Waals surface area (Å²) in [5.74, 6) is -2.43. The highest BCUT2D eigenvalue weighted by Gasteiger charge is 2.49. The third-order valence-electron chi connectivity index (χ3n) is 3.93. The van der Waals surface area contributed by atoms with E-state index in [1.165, 1.54) is 24.3 Å². The van der Waals surface area contributed by atoms with E-state index in [1.807, 2.05) is 0 Å². The van der Waals surface area contributed by atoms with Crippen molar-refractivity contribution in [2.24, 2.45) is 5.92 Å². The van der Waals surface area contributed by atoms with E-state index in [0.717, 1.165) is 18.6 Å². The number of rotatable bonds is 4. The highest BCUT2D eigenvalue weighted by molar-refractivity contribution is 9.10. The van der Waals surface area contributed by atoms with Crippen LogP contribution >= 0.6 is 27.7 Å². The Morgan fingerprint density at radius 1 is 1.32 bits per heavy atom. The van der Waals surface area contributed by atoms with Gasteiger partial charge in [0.1, 0.15) is 0 Å². The molecule has 0 spiro atoms. The SMILES string of the molecule is CN(C(=O)C1CCSCC1)C(F)(c1ccc(Br)cc1)C(F)F. The fourth-order valence-electron chi connectivity index (χ4n) is 2.53. The van der Waals surface area contributed by atoms with Crippen LogP contribution in [0, 0.1) is 5.92 Å². The number of carbonyl (C=O) groups excluding carboxylic acids is 1. The molecule has 1 aliphatic heterocycles. The van der Waals surface area contributed by atoms with Crippen LogP contribution in [-0.4, -0.2) is 35.8 Å². The molecular formula is C15H17BrF3NOS. The molecule has 0 N–H and O–H groups in total. The summed E-state index contributed by atoms with van der Waals surface area (Å²) in [5.41, 5.74) is -0.216. The zero-order chi connectivity index (χ0) is 16.3. The Balaban J connectivity index is 2.29. The van der Waals surface area contributed by atoms with Gasteiger partial charge in [-0.15, -0.1) is 0 Å². The molecule has 22 heavy (non-hydrogen) atoms. The average Bonchev–Trinajstić information content (AvgIpc) is 2.54. The molecule has 0 bridgehead atoms. The molecule has 1 aromatic carbocycles. The molecule has 1 amide bonds. The maximum absolute atomic E-state index is 15.1. The minimum absolute atomic E-state index is 0.216. The van der Waals surface area contributed by atoms with Gasteiger partial charge in [-0.3, -0.25) is 4.79 Å². The van der Waals surface area contributed by atoms with E-state index in [9.17, 15) is 13.6 Å². The van der Waals surface area contributed by atoms with E-state index in [4.69, 9.17) is 0 Å². The normalized spacial score (nSPS) is 19.0. The van der Waals surface area contributed by atoms with Gasteiger partial charge in [-0.2, -0.15) is 11.8 Å². The fraction of sp³-hybridized carbons (Fsp3) is 0.533. The fourth-order valence-corrected chi connectivity index (χ4v) is 3.90. The lowest BCUT2D eigenvalue weighted by molar-refractivity contribution is -0.172. The monoisotopic (exact) mass is 395 g/mol. The molecule has 0 aromatic heterocycles. The summed E-state index contributed by atoms with van der Waals surface area (Å²) in [6.07, 6.45) is -2.11. The number of alkyl halides is 3. The molecule has 1 saturated heterocycles. The smallest absolute Gasteiger partial charge is 0.294 e. The number of hydrogen-bond acceptors (Lipinski definition) is 2. The van der Waals surface area contributed by atoms with E-state index >= 15 is 4.39 Å². The number of nitrogens with zero attached hydrogens (tertiary/aromatic N) is 1. The number of benzene rings is 1. The van der Waals surface area contributed by atoms with Crippen molar-refractivity contribution < 1.29 is 18.0 Å². The first kappa shape index (κ1) is 17.7. The molecule has 1 fully saturated rings. The van der Waals surface area contributed by atoms with Crippen LogP contribution < -0.4 is 0 Å². The summed E-state index contributed by atoms with van der Waals surface area (Å²) >= 11 is 4.91. The van der Waals surface area contributed by atoms with Crippen molar-refractivity contribution in [3.8, 4) is 0 Å². The Labute approximate surface area is 140 Å². The standard InChI is InChI=1S/C15H17BrF3NOS/c1-20(13(21)10-6-8-22-9-7-10)15(19,14(17)18)11-2-4-12(16)5-3-11/h2-5,10,14H,6-9H2,1H3. The minimum Gasteiger partial charge on any atom is -0.304 e. The summed E-state index contributed by atoms with van der Waals surface area (Å²) in [6, 6.07) is 5.52. The van der Waals surface area contributed by atoms with Crippen LogP contribution in [0.4, 0.5) is 13.2 Å². The second-order valence-electron chi connectivity index (χ2n) is 5.26. The van der Waals surface area contributed by atoms with Crippen molar-refractivity contribution in [3.63, 3.8) is 0 Å². The lowest BCUT2D eigenvalue weighted by atomic mass is 9.97. The number of hydrogen-bond donors (Lipinski definition) is 0. The first-order chi connectivity index (χ1) is 10.4. The summed E-state index contributed by atoms with van der Waals surface area (Å²) in [6.45, 7) is 0. The van der Waals surface area contributed by atoms with Gasteiger partial charge in [0.25, 0.3) is 12.2 Å². The molecule has 7 heteroatoms. The van der Waals surface area contributed by atoms with Crippen LogP contribution in [0.15, 0.2) is 28.7 Å². The van der Waals surface area contributed by atoms with E-state index in [1.54, 1.807) is 11.8 Å². The Kier molecular flexibility index (Phi) is 5.82. The van der Waals surface area contributed by atoms with Crippen LogP contribution in [0.25, 0.3) is 0 Å². The Morgan fingerprint density at radius 2 is 1.86 bits per heavy atom. The molecule has 2 nitrogen and oxygen atoms in total. The summed E-state index contributed by atoms with van der Waals surface area (Å²) in [5, 5.41) is 0. The minimum atomic E-state index is -3.32. The average molecular weight is 396 g/mol. The van der Waals surface area contributed by atoms with Gasteiger partial charge in [0.15, 0.2) is 0 Å². The van der Waals surface area contributed by atoms with Crippen molar-refractivity contribution in [1.29, 1.82) is 0 Å². The van der Waals surface area contributed by atoms with Gasteiger partial charge in [0.05, 0.1) is 0 Å². The molecule has 0 radical (unpaired) electrons. The summed E-state index contributed by atoms with van der Waals surface area (Å²) in [4.78, 5) is 13.0. The topological polar surface area (TPSA) is 20.3 Å². The zero-order valence-corrected chi connectivity index (χ0v) is 14.5. The molecule has 122 valence electrons. The molecule has 1 aliphatic rings. The van der Waals surface area contributed by atoms with E-state index in [-0.39, 0.29) is 11.5 Å². The van der Waals surface area contributed by atoms with Crippen molar-refractivity contribution in [1.82, 2.24) is 4.90 Å². The summed E-state index contributed by atoms with van der Waals surface area (Å²) < 4.78 is 42.7. The Bertz CT molecular complexity index is 522. The Morgan fingerprint density at radius 3 is 2.36 bits per heavy atom. The highest BCUT2D eigenvalue weighted by atomic mass is 79.9. The van der Waals surface area contributed by atoms with Crippen LogP contribution in [0.1, 0.15) is 18.4 Å². The van der Waals surface area contributed by atoms with Gasteiger partial charge in [-0.1, -0.05) is 28.1 Å². The number of carbonyl (C=O) groups is 1. The van der Waals surface area contributed by atoms with E-state index < -0.39 is 18.1 Å². The number of halogens is 4. The molecule has 1 heterocycles. The quantitative estimate of drug-likeness (QED) is 0.702. The molecule has 0 aliphatic carbocycles. The number of amides is 1. The maximum Gasteiger partial charge on any atom is 0.294 e. The van der Waals surface area contributed by atoms with Gasteiger partial charge in [0, 0.05) is 23.0 Å². The highest BCUT2D eigenvalue weighted by Crippen LogP contribution is 2.38. The van der Waals surface area contributed by atoms with Crippen molar-refractivity contribution in [2.75, 3.05) is 18.6 Å². The van der Waals surface area contributed by atoms with Crippen molar-refractivity contribution >= 4 is 33.6 Å². The van der Waals surface area contributed by atoms with Crippen molar-refractivity contribution in [3.05, 3.63) is 34.3 Å². The van der Waals surface area contributed by atoms with Gasteiger partial charge < -0.3 is 4.90 Å². The predicted molar refractivity (Wildman–Crippen MR) is 85.8 cm³/mol. The van der Waals surface area contributed by atoms with Crippen LogP contribution in [0.3, 0.4) is 0 Å². The van der Waals surface area contributed by atoms with Crippen LogP contribution in [0.5, 0.6) is 0 Å². The van der Waals surface area contributed by atoms with Gasteiger partial charge in [-0.25, -0.2) is 13.2 Å². The Hall–Kier alpha value is -0.690. The summed E-state index contributed by atoms with van der Waals surface area (Å²) in [7, 11) is 1.12. The van der Waals surface area contributed by atoms with Crippen LogP contribution in [-0.2, 0) is 10.6 Å². The second-order valence-corrected chi connectivity index (χ2v) is 7.41. The zero-order valence-electron chi connectivity index (χ0n) is 12.1.